The molecule has 3 rings (SSSR count). The molecule has 2 bridgehead atoms. The fraction of sp³-hybridized carbons (Fsp3) is 0.667. The molecule has 141 valence electrons. The van der Waals surface area contributed by atoms with Gasteiger partial charge in [-0.3, -0.25) is 14.7 Å². The van der Waals surface area contributed by atoms with Gasteiger partial charge in [-0.25, -0.2) is 0 Å². The monoisotopic (exact) mass is 407 g/mol. The van der Waals surface area contributed by atoms with Crippen LogP contribution in [0.25, 0.3) is 0 Å². The van der Waals surface area contributed by atoms with Crippen molar-refractivity contribution in [2.75, 3.05) is 66.0 Å². The van der Waals surface area contributed by atoms with Crippen LogP contribution < -0.4 is 0 Å². The van der Waals surface area contributed by atoms with Crippen LogP contribution in [0.3, 0.4) is 0 Å². The largest absolute Gasteiger partial charge is 0.508 e. The van der Waals surface area contributed by atoms with Gasteiger partial charge in [0, 0.05) is 88.1 Å². The Kier molecular flexibility index (Phi) is 8.49. The van der Waals surface area contributed by atoms with Crippen LogP contribution in [0.4, 0.5) is 0 Å². The van der Waals surface area contributed by atoms with Crippen molar-refractivity contribution < 1.29 is 22.2 Å². The van der Waals surface area contributed by atoms with Gasteiger partial charge < -0.3 is 10.0 Å². The zero-order valence-electron chi connectivity index (χ0n) is 14.9. The van der Waals surface area contributed by atoms with E-state index in [0.29, 0.717) is 5.75 Å². The molecule has 0 amide bonds. The van der Waals surface area contributed by atoms with Gasteiger partial charge in [-0.2, -0.15) is 0 Å². The summed E-state index contributed by atoms with van der Waals surface area (Å²) in [4.78, 5) is 9.72. The van der Waals surface area contributed by atoms with Crippen LogP contribution in [0.15, 0.2) is 24.3 Å². The number of alkyl halides is 1. The summed E-state index contributed by atoms with van der Waals surface area (Å²) in [5.74, 6) is 0.393. The van der Waals surface area contributed by atoms with Gasteiger partial charge in [0.05, 0.1) is 5.50 Å². The quantitative estimate of drug-likeness (QED) is 0.454. The first kappa shape index (κ1) is 21.0. The van der Waals surface area contributed by atoms with E-state index >= 15 is 0 Å². The van der Waals surface area contributed by atoms with E-state index < -0.39 is 0 Å². The third kappa shape index (κ3) is 6.10. The Morgan fingerprint density at radius 1 is 1.00 bits per heavy atom. The molecule has 5 nitrogen and oxygen atoms in total. The molecule has 25 heavy (non-hydrogen) atoms. The molecule has 1 N–H and O–H groups in total. The van der Waals surface area contributed by atoms with Crippen LogP contribution in [-0.4, -0.2) is 96.2 Å². The third-order valence-electron chi connectivity index (χ3n) is 5.18. The molecule has 2 aliphatic rings. The van der Waals surface area contributed by atoms with Gasteiger partial charge in [-0.15, -0.1) is 11.6 Å². The van der Waals surface area contributed by atoms with Gasteiger partial charge >= 0.3 is 0 Å². The van der Waals surface area contributed by atoms with E-state index in [4.69, 9.17) is 11.6 Å². The van der Waals surface area contributed by atoms with Crippen LogP contribution in [0.5, 0.6) is 5.75 Å². The zero-order valence-corrected chi connectivity index (χ0v) is 16.9. The number of nitrogens with zero attached hydrogens (tertiary/aromatic N) is 4. The predicted molar refractivity (Wildman–Crippen MR) is 98.5 cm³/mol. The molecular formula is C18H29ClMnN4O. The summed E-state index contributed by atoms with van der Waals surface area (Å²) in [6.45, 7) is 10.0. The summed E-state index contributed by atoms with van der Waals surface area (Å²) in [7, 11) is 2.16. The van der Waals surface area contributed by atoms with Crippen molar-refractivity contribution in [3.63, 3.8) is 0 Å². The Hall–Kier alpha value is -0.331. The fourth-order valence-corrected chi connectivity index (χ4v) is 3.91. The molecule has 3 atom stereocenters. The molecule has 2 saturated heterocycles. The number of aromatic hydroxyl groups is 1. The van der Waals surface area contributed by atoms with E-state index in [-0.39, 0.29) is 22.6 Å². The van der Waals surface area contributed by atoms with Gasteiger partial charge in [0.1, 0.15) is 5.75 Å². The number of hydrogen-bond acceptors (Lipinski definition) is 5. The Morgan fingerprint density at radius 3 is 2.44 bits per heavy atom. The maximum atomic E-state index is 10.1. The van der Waals surface area contributed by atoms with E-state index in [0.717, 1.165) is 71.0 Å². The van der Waals surface area contributed by atoms with Crippen LogP contribution in [-0.2, 0) is 23.6 Å². The smallest absolute Gasteiger partial charge is 0.120 e. The fourth-order valence-electron chi connectivity index (χ4n) is 3.48. The molecule has 2 aliphatic heterocycles. The summed E-state index contributed by atoms with van der Waals surface area (Å²) in [5.41, 5.74) is 1.07. The van der Waals surface area contributed by atoms with Crippen molar-refractivity contribution in [3.8, 4) is 5.75 Å². The number of fused-ring (bicyclic) bond motifs is 3. The van der Waals surface area contributed by atoms with Crippen LogP contribution in [0.1, 0.15) is 5.56 Å². The second-order valence-corrected chi connectivity index (χ2v) is 7.48. The minimum absolute atomic E-state index is 0. The third-order valence-corrected chi connectivity index (χ3v) is 5.60. The zero-order chi connectivity index (χ0) is 16.9. The van der Waals surface area contributed by atoms with E-state index in [9.17, 15) is 5.11 Å². The Labute approximate surface area is 167 Å². The second kappa shape index (κ2) is 10.1. The molecular weight excluding hydrogens is 379 g/mol. The van der Waals surface area contributed by atoms with E-state index in [1.165, 1.54) is 0 Å². The van der Waals surface area contributed by atoms with Crippen molar-refractivity contribution in [1.82, 2.24) is 19.6 Å². The number of likely N-dealkylation sites (N-methyl/N-ethyl adjacent to an activating group) is 1. The van der Waals surface area contributed by atoms with Gasteiger partial charge in [-0.1, -0.05) is 18.2 Å². The minimum Gasteiger partial charge on any atom is -0.508 e. The van der Waals surface area contributed by atoms with Crippen LogP contribution in [0, 0.1) is 0 Å². The SMILES string of the molecule is CN1CCN2CCN(Cc3ccccc3O)CCN(CC2)C(Cl)C1.[Mn]. The number of rotatable bonds is 2. The number of phenolic OH excluding ortho intramolecular Hbond substituents is 1. The van der Waals surface area contributed by atoms with E-state index in [1.807, 2.05) is 18.2 Å². The summed E-state index contributed by atoms with van der Waals surface area (Å²) >= 11 is 6.67. The number of hydrogen-bond donors (Lipinski definition) is 1. The minimum atomic E-state index is 0. The number of benzene rings is 1. The molecule has 2 fully saturated rings. The van der Waals surface area contributed by atoms with Crippen molar-refractivity contribution in [2.45, 2.75) is 12.0 Å². The average Bonchev–Trinajstić information content (AvgIpc) is 2.69. The normalized spacial score (nSPS) is 29.4. The van der Waals surface area contributed by atoms with Crippen molar-refractivity contribution in [3.05, 3.63) is 29.8 Å². The molecule has 0 saturated carbocycles. The number of halogens is 1. The molecule has 3 unspecified atom stereocenters. The van der Waals surface area contributed by atoms with E-state index in [2.05, 4.69) is 26.6 Å². The average molecular weight is 408 g/mol. The summed E-state index contributed by atoms with van der Waals surface area (Å²) in [6, 6.07) is 7.65. The number of para-hydroxylation sites is 1. The maximum Gasteiger partial charge on any atom is 0.120 e. The first-order valence-electron chi connectivity index (χ1n) is 8.90. The van der Waals surface area contributed by atoms with Gasteiger partial charge in [0.2, 0.25) is 0 Å². The first-order chi connectivity index (χ1) is 11.6. The van der Waals surface area contributed by atoms with Gasteiger partial charge in [-0.05, 0) is 13.1 Å². The van der Waals surface area contributed by atoms with Crippen LogP contribution >= 0.6 is 11.6 Å². The van der Waals surface area contributed by atoms with E-state index in [1.54, 1.807) is 6.07 Å². The Balaban J connectivity index is 0.00000225. The van der Waals surface area contributed by atoms with Crippen molar-refractivity contribution >= 4 is 11.6 Å². The number of phenols is 1. The molecule has 1 aromatic carbocycles. The standard InChI is InChI=1S/C18H29ClN4O.Mn/c1-20-6-7-21-8-9-22(14-16-4-2-3-5-17(16)24)11-13-23(12-10-21)18(19)15-20;/h2-5,18,24H,6-15H2,1H3;. The maximum absolute atomic E-state index is 10.1. The van der Waals surface area contributed by atoms with Gasteiger partial charge in [0.15, 0.2) is 0 Å². The van der Waals surface area contributed by atoms with Crippen molar-refractivity contribution in [1.29, 1.82) is 0 Å². The van der Waals surface area contributed by atoms with Gasteiger partial charge in [0.25, 0.3) is 0 Å². The van der Waals surface area contributed by atoms with Crippen molar-refractivity contribution in [2.24, 2.45) is 0 Å². The Bertz CT molecular complexity index is 536. The first-order valence-corrected chi connectivity index (χ1v) is 9.34. The molecule has 0 aromatic heterocycles. The Morgan fingerprint density at radius 2 is 1.64 bits per heavy atom. The van der Waals surface area contributed by atoms with Crippen LogP contribution in [0.2, 0.25) is 0 Å². The molecule has 0 spiro atoms. The summed E-state index contributed by atoms with van der Waals surface area (Å²) < 4.78 is 0. The molecule has 1 radical (unpaired) electrons. The molecule has 2 heterocycles. The topological polar surface area (TPSA) is 33.2 Å². The summed E-state index contributed by atoms with van der Waals surface area (Å²) in [5, 5.41) is 10.1. The second-order valence-electron chi connectivity index (χ2n) is 6.98. The predicted octanol–water partition coefficient (Wildman–Crippen LogP) is 1.32. The molecule has 0 aliphatic carbocycles. The molecule has 1 aromatic rings. The summed E-state index contributed by atoms with van der Waals surface area (Å²) in [6.07, 6.45) is 0. The molecule has 7 heteroatoms.